The fourth-order valence-electron chi connectivity index (χ4n) is 2.37. The standard InChI is InChI=1S/C19H23FO2S/c1-13-12-18(21-4)15(3)19(14(13)2)22-10-5-11-23-17-8-6-16(20)7-9-17/h6-9,12H,5,10-11H2,1-4H3. The zero-order valence-electron chi connectivity index (χ0n) is 14.1. The van der Waals surface area contributed by atoms with Gasteiger partial charge >= 0.3 is 0 Å². The minimum atomic E-state index is -0.197. The molecule has 2 nitrogen and oxygen atoms in total. The summed E-state index contributed by atoms with van der Waals surface area (Å²) in [6, 6.07) is 8.64. The molecule has 2 aromatic rings. The monoisotopic (exact) mass is 334 g/mol. The zero-order chi connectivity index (χ0) is 16.8. The van der Waals surface area contributed by atoms with Crippen molar-refractivity contribution in [2.24, 2.45) is 0 Å². The summed E-state index contributed by atoms with van der Waals surface area (Å²) in [5, 5.41) is 0. The van der Waals surface area contributed by atoms with Crippen LogP contribution in [0, 0.1) is 26.6 Å². The largest absolute Gasteiger partial charge is 0.496 e. The lowest BCUT2D eigenvalue weighted by Crippen LogP contribution is -2.04. The van der Waals surface area contributed by atoms with Crippen molar-refractivity contribution < 1.29 is 13.9 Å². The maximum Gasteiger partial charge on any atom is 0.129 e. The third kappa shape index (κ3) is 4.64. The van der Waals surface area contributed by atoms with Crippen molar-refractivity contribution in [3.63, 3.8) is 0 Å². The van der Waals surface area contributed by atoms with E-state index in [1.54, 1.807) is 31.0 Å². The highest BCUT2D eigenvalue weighted by Crippen LogP contribution is 2.33. The molecule has 0 aliphatic rings. The van der Waals surface area contributed by atoms with Gasteiger partial charge in [-0.2, -0.15) is 0 Å². The van der Waals surface area contributed by atoms with E-state index in [2.05, 4.69) is 13.8 Å². The van der Waals surface area contributed by atoms with Gasteiger partial charge in [0.15, 0.2) is 0 Å². The smallest absolute Gasteiger partial charge is 0.129 e. The molecule has 0 unspecified atom stereocenters. The second kappa shape index (κ2) is 8.25. The fraction of sp³-hybridized carbons (Fsp3) is 0.368. The average molecular weight is 334 g/mol. The van der Waals surface area contributed by atoms with Crippen molar-refractivity contribution in [1.82, 2.24) is 0 Å². The molecule has 0 aliphatic carbocycles. The van der Waals surface area contributed by atoms with Gasteiger partial charge < -0.3 is 9.47 Å². The van der Waals surface area contributed by atoms with E-state index in [9.17, 15) is 4.39 Å². The van der Waals surface area contributed by atoms with Gasteiger partial charge in [0.1, 0.15) is 17.3 Å². The van der Waals surface area contributed by atoms with Crippen molar-refractivity contribution >= 4 is 11.8 Å². The Balaban J connectivity index is 1.87. The van der Waals surface area contributed by atoms with E-state index < -0.39 is 0 Å². The highest BCUT2D eigenvalue weighted by atomic mass is 32.2. The first-order valence-electron chi connectivity index (χ1n) is 7.69. The summed E-state index contributed by atoms with van der Waals surface area (Å²) in [6.45, 7) is 6.81. The number of halogens is 1. The summed E-state index contributed by atoms with van der Waals surface area (Å²) in [5.74, 6) is 2.53. The molecule has 0 radical (unpaired) electrons. The molecule has 0 saturated heterocycles. The molecule has 0 heterocycles. The molecule has 0 aliphatic heterocycles. The molecule has 0 spiro atoms. The van der Waals surface area contributed by atoms with Crippen LogP contribution < -0.4 is 9.47 Å². The minimum Gasteiger partial charge on any atom is -0.496 e. The van der Waals surface area contributed by atoms with Crippen LogP contribution in [0.15, 0.2) is 35.2 Å². The van der Waals surface area contributed by atoms with Crippen LogP contribution in [-0.2, 0) is 0 Å². The van der Waals surface area contributed by atoms with Crippen molar-refractivity contribution in [3.05, 3.63) is 52.8 Å². The average Bonchev–Trinajstić information content (AvgIpc) is 2.55. The van der Waals surface area contributed by atoms with E-state index in [1.807, 2.05) is 13.0 Å². The Bertz CT molecular complexity index is 653. The Labute approximate surface area is 142 Å². The summed E-state index contributed by atoms with van der Waals surface area (Å²) in [5.41, 5.74) is 3.37. The first-order valence-corrected chi connectivity index (χ1v) is 8.67. The molecule has 2 aromatic carbocycles. The van der Waals surface area contributed by atoms with Crippen LogP contribution in [0.3, 0.4) is 0 Å². The summed E-state index contributed by atoms with van der Waals surface area (Å²) >= 11 is 1.71. The van der Waals surface area contributed by atoms with Gasteiger partial charge in [0.25, 0.3) is 0 Å². The van der Waals surface area contributed by atoms with Gasteiger partial charge in [0.2, 0.25) is 0 Å². The van der Waals surface area contributed by atoms with Crippen LogP contribution >= 0.6 is 11.8 Å². The molecule has 0 saturated carbocycles. The molecule has 124 valence electrons. The number of benzene rings is 2. The van der Waals surface area contributed by atoms with Crippen LogP contribution in [-0.4, -0.2) is 19.5 Å². The maximum absolute atomic E-state index is 12.8. The molecule has 0 aromatic heterocycles. The van der Waals surface area contributed by atoms with Crippen LogP contribution in [0.1, 0.15) is 23.1 Å². The lowest BCUT2D eigenvalue weighted by atomic mass is 10.0. The number of methoxy groups -OCH3 is 1. The van der Waals surface area contributed by atoms with Gasteiger partial charge in [0, 0.05) is 16.2 Å². The quantitative estimate of drug-likeness (QED) is 0.504. The Morgan fingerprint density at radius 2 is 1.74 bits per heavy atom. The predicted molar refractivity (Wildman–Crippen MR) is 94.4 cm³/mol. The number of thioether (sulfide) groups is 1. The van der Waals surface area contributed by atoms with E-state index in [0.717, 1.165) is 39.7 Å². The van der Waals surface area contributed by atoms with Crippen LogP contribution in [0.4, 0.5) is 4.39 Å². The number of ether oxygens (including phenoxy) is 2. The van der Waals surface area contributed by atoms with Gasteiger partial charge in [-0.15, -0.1) is 11.8 Å². The predicted octanol–water partition coefficient (Wildman–Crippen LogP) is 5.32. The highest BCUT2D eigenvalue weighted by molar-refractivity contribution is 7.99. The van der Waals surface area contributed by atoms with E-state index in [4.69, 9.17) is 9.47 Å². The number of hydrogen-bond acceptors (Lipinski definition) is 3. The molecule has 2 rings (SSSR count). The summed E-state index contributed by atoms with van der Waals surface area (Å²) in [4.78, 5) is 1.08. The maximum atomic E-state index is 12.8. The summed E-state index contributed by atoms with van der Waals surface area (Å²) < 4.78 is 24.2. The van der Waals surface area contributed by atoms with E-state index in [1.165, 1.54) is 17.7 Å². The van der Waals surface area contributed by atoms with Gasteiger partial charge in [-0.05, 0) is 68.7 Å². The Morgan fingerprint density at radius 3 is 2.39 bits per heavy atom. The number of rotatable bonds is 7. The molecule has 4 heteroatoms. The van der Waals surface area contributed by atoms with Gasteiger partial charge in [0.05, 0.1) is 13.7 Å². The molecule has 0 bridgehead atoms. The van der Waals surface area contributed by atoms with Crippen LogP contribution in [0.2, 0.25) is 0 Å². The molecule has 0 atom stereocenters. The third-order valence-electron chi connectivity index (χ3n) is 3.83. The van der Waals surface area contributed by atoms with Gasteiger partial charge in [-0.3, -0.25) is 0 Å². The molecular weight excluding hydrogens is 311 g/mol. The van der Waals surface area contributed by atoms with Gasteiger partial charge in [-0.25, -0.2) is 4.39 Å². The molecule has 0 amide bonds. The van der Waals surface area contributed by atoms with Crippen LogP contribution in [0.5, 0.6) is 11.5 Å². The third-order valence-corrected chi connectivity index (χ3v) is 4.93. The first-order chi connectivity index (χ1) is 11.0. The fourth-order valence-corrected chi connectivity index (χ4v) is 3.19. The van der Waals surface area contributed by atoms with E-state index in [0.29, 0.717) is 6.61 Å². The van der Waals surface area contributed by atoms with Crippen molar-refractivity contribution in [1.29, 1.82) is 0 Å². The molecule has 23 heavy (non-hydrogen) atoms. The van der Waals surface area contributed by atoms with Crippen molar-refractivity contribution in [2.45, 2.75) is 32.1 Å². The Kier molecular flexibility index (Phi) is 6.34. The SMILES string of the molecule is COc1cc(C)c(C)c(OCCCSc2ccc(F)cc2)c1C. The second-order valence-corrected chi connectivity index (χ2v) is 6.65. The minimum absolute atomic E-state index is 0.197. The molecule has 0 fully saturated rings. The lowest BCUT2D eigenvalue weighted by molar-refractivity contribution is 0.310. The topological polar surface area (TPSA) is 18.5 Å². The molecular formula is C19H23FO2S. The van der Waals surface area contributed by atoms with E-state index >= 15 is 0 Å². The van der Waals surface area contributed by atoms with Crippen LogP contribution in [0.25, 0.3) is 0 Å². The van der Waals surface area contributed by atoms with Gasteiger partial charge in [-0.1, -0.05) is 0 Å². The van der Waals surface area contributed by atoms with Crippen molar-refractivity contribution in [3.8, 4) is 11.5 Å². The zero-order valence-corrected chi connectivity index (χ0v) is 14.9. The second-order valence-electron chi connectivity index (χ2n) is 5.48. The number of hydrogen-bond donors (Lipinski definition) is 0. The lowest BCUT2D eigenvalue weighted by Gasteiger charge is -2.17. The summed E-state index contributed by atoms with van der Waals surface area (Å²) in [7, 11) is 1.68. The highest BCUT2D eigenvalue weighted by Gasteiger charge is 2.12. The van der Waals surface area contributed by atoms with Crippen molar-refractivity contribution in [2.75, 3.05) is 19.5 Å². The Hall–Kier alpha value is -1.68. The van der Waals surface area contributed by atoms with E-state index in [-0.39, 0.29) is 5.82 Å². The normalized spacial score (nSPS) is 10.7. The number of aryl methyl sites for hydroxylation is 1. The first kappa shape index (κ1) is 17.7. The molecule has 0 N–H and O–H groups in total. The summed E-state index contributed by atoms with van der Waals surface area (Å²) in [6.07, 6.45) is 0.928. The Morgan fingerprint density at radius 1 is 1.04 bits per heavy atom.